The van der Waals surface area contributed by atoms with E-state index in [0.717, 1.165) is 56.2 Å². The van der Waals surface area contributed by atoms with Crippen molar-refractivity contribution in [1.29, 1.82) is 0 Å². The smallest absolute Gasteiger partial charge is 0.0640 e. The normalized spacial score (nSPS) is 11.4. The number of hydrogen-bond acceptors (Lipinski definition) is 2. The van der Waals surface area contributed by atoms with Crippen molar-refractivity contribution in [1.82, 2.24) is 4.57 Å². The fraction of sp³-hybridized carbons (Fsp3) is 0. The van der Waals surface area contributed by atoms with Gasteiger partial charge >= 0.3 is 0 Å². The van der Waals surface area contributed by atoms with E-state index in [-0.39, 0.29) is 0 Å². The third kappa shape index (κ3) is 6.78. The predicted molar refractivity (Wildman–Crippen MR) is 276 cm³/mol. The average molecular weight is 830 g/mol. The molecule has 0 N–H and O–H groups in total. The second-order valence-electron chi connectivity index (χ2n) is 16.6. The van der Waals surface area contributed by atoms with Gasteiger partial charge in [0, 0.05) is 50.0 Å². The van der Waals surface area contributed by atoms with Gasteiger partial charge in [0.2, 0.25) is 0 Å². The molecule has 3 heteroatoms. The quantitative estimate of drug-likeness (QED) is 0.144. The van der Waals surface area contributed by atoms with Gasteiger partial charge in [0.15, 0.2) is 0 Å². The molecular weight excluding hydrogens is 787 g/mol. The zero-order valence-electron chi connectivity index (χ0n) is 35.7. The van der Waals surface area contributed by atoms with Gasteiger partial charge in [-0.05, 0) is 106 Å². The topological polar surface area (TPSA) is 11.4 Å². The van der Waals surface area contributed by atoms with Crippen LogP contribution in [0.4, 0.5) is 34.1 Å². The highest BCUT2D eigenvalue weighted by Crippen LogP contribution is 2.49. The second-order valence-corrected chi connectivity index (χ2v) is 16.6. The summed E-state index contributed by atoms with van der Waals surface area (Å²) in [4.78, 5) is 4.89. The van der Waals surface area contributed by atoms with E-state index < -0.39 is 0 Å². The van der Waals surface area contributed by atoms with Gasteiger partial charge in [-0.25, -0.2) is 0 Å². The van der Waals surface area contributed by atoms with Crippen LogP contribution < -0.4 is 9.80 Å². The van der Waals surface area contributed by atoms with Crippen LogP contribution in [-0.4, -0.2) is 4.57 Å². The largest absolute Gasteiger partial charge is 0.310 e. The Hall–Kier alpha value is -8.66. The number of rotatable bonds is 9. The molecule has 0 radical (unpaired) electrons. The standard InChI is InChI=1S/C62H43N3/c1-5-21-44(22-6-1)46-27-19-33-52(39-46)63(50-29-9-3-10-30-50)59-43-54(41-48-25-13-15-35-55(48)59)65-58-38-18-17-37-57(58)61-60(65)42-49-26-14-16-36-56(49)62(61)64(51-31-11-4-12-32-51)53-34-20-28-47(40-53)45-23-7-2-8-24-45/h1-43H. The van der Waals surface area contributed by atoms with Crippen LogP contribution in [0.2, 0.25) is 0 Å². The van der Waals surface area contributed by atoms with E-state index >= 15 is 0 Å². The van der Waals surface area contributed by atoms with Gasteiger partial charge in [0.25, 0.3) is 0 Å². The first-order valence-electron chi connectivity index (χ1n) is 22.3. The first-order chi connectivity index (χ1) is 32.3. The maximum atomic E-state index is 2.49. The van der Waals surface area contributed by atoms with Gasteiger partial charge in [-0.2, -0.15) is 0 Å². The molecule has 0 aliphatic heterocycles. The third-order valence-electron chi connectivity index (χ3n) is 12.7. The van der Waals surface area contributed by atoms with Crippen LogP contribution in [0.15, 0.2) is 261 Å². The van der Waals surface area contributed by atoms with Crippen molar-refractivity contribution >= 4 is 77.5 Å². The van der Waals surface area contributed by atoms with Crippen molar-refractivity contribution in [2.75, 3.05) is 9.80 Å². The molecular formula is C62H43N3. The number of nitrogens with zero attached hydrogens (tertiary/aromatic N) is 3. The van der Waals surface area contributed by atoms with Crippen molar-refractivity contribution < 1.29 is 0 Å². The summed E-state index contributed by atoms with van der Waals surface area (Å²) in [6.07, 6.45) is 0. The van der Waals surface area contributed by atoms with Crippen molar-refractivity contribution in [2.24, 2.45) is 0 Å². The van der Waals surface area contributed by atoms with Crippen LogP contribution in [-0.2, 0) is 0 Å². The van der Waals surface area contributed by atoms with Crippen LogP contribution in [0.5, 0.6) is 0 Å². The summed E-state index contributed by atoms with van der Waals surface area (Å²) in [5.41, 5.74) is 14.7. The molecule has 12 rings (SSSR count). The van der Waals surface area contributed by atoms with Crippen LogP contribution in [0.1, 0.15) is 0 Å². The van der Waals surface area contributed by atoms with E-state index in [4.69, 9.17) is 0 Å². The Bertz CT molecular complexity index is 3650. The summed E-state index contributed by atoms with van der Waals surface area (Å²) in [5, 5.41) is 7.07. The molecule has 0 aliphatic rings. The molecule has 11 aromatic carbocycles. The number of benzene rings is 11. The van der Waals surface area contributed by atoms with Gasteiger partial charge < -0.3 is 14.4 Å². The Morgan fingerprint density at radius 2 is 0.723 bits per heavy atom. The molecule has 65 heavy (non-hydrogen) atoms. The molecule has 1 aromatic heterocycles. The van der Waals surface area contributed by atoms with Crippen LogP contribution >= 0.6 is 0 Å². The highest BCUT2D eigenvalue weighted by atomic mass is 15.2. The van der Waals surface area contributed by atoms with E-state index in [0.29, 0.717) is 0 Å². The lowest BCUT2D eigenvalue weighted by Crippen LogP contribution is -2.12. The minimum absolute atomic E-state index is 1.09. The lowest BCUT2D eigenvalue weighted by atomic mass is 9.99. The van der Waals surface area contributed by atoms with E-state index in [1.165, 1.54) is 49.2 Å². The average Bonchev–Trinajstić information content (AvgIpc) is 3.71. The van der Waals surface area contributed by atoms with Crippen molar-refractivity contribution in [2.45, 2.75) is 0 Å². The summed E-state index contributed by atoms with van der Waals surface area (Å²) < 4.78 is 2.49. The van der Waals surface area contributed by atoms with Crippen LogP contribution in [0, 0.1) is 0 Å². The van der Waals surface area contributed by atoms with Crippen LogP contribution in [0.3, 0.4) is 0 Å². The molecule has 306 valence electrons. The Balaban J connectivity index is 1.15. The highest BCUT2D eigenvalue weighted by molar-refractivity contribution is 6.24. The van der Waals surface area contributed by atoms with Gasteiger partial charge in [0.05, 0.1) is 22.4 Å². The van der Waals surface area contributed by atoms with E-state index in [9.17, 15) is 0 Å². The predicted octanol–water partition coefficient (Wildman–Crippen LogP) is 17.4. The molecule has 3 nitrogen and oxygen atoms in total. The minimum atomic E-state index is 1.09. The number of anilines is 6. The summed E-state index contributed by atoms with van der Waals surface area (Å²) in [5.74, 6) is 0. The summed E-state index contributed by atoms with van der Waals surface area (Å²) >= 11 is 0. The maximum absolute atomic E-state index is 2.49. The monoisotopic (exact) mass is 829 g/mol. The second kappa shape index (κ2) is 16.2. The van der Waals surface area contributed by atoms with Gasteiger partial charge in [0.1, 0.15) is 0 Å². The number of hydrogen-bond donors (Lipinski definition) is 0. The number of fused-ring (bicyclic) bond motifs is 5. The lowest BCUT2D eigenvalue weighted by molar-refractivity contribution is 1.18. The Kier molecular flexibility index (Phi) is 9.50. The molecule has 0 unspecified atom stereocenters. The summed E-state index contributed by atoms with van der Waals surface area (Å²) in [7, 11) is 0. The SMILES string of the molecule is c1ccc(-c2cccc(N(c3ccccc3)c3cc(-n4c5ccccc5c5c(N(c6ccccc6)c6cccc(-c7ccccc7)c6)c6ccccc6cc54)cc4ccccc34)c2)cc1. The van der Waals surface area contributed by atoms with Gasteiger partial charge in [-0.3, -0.25) is 0 Å². The van der Waals surface area contributed by atoms with Crippen molar-refractivity contribution in [3.63, 3.8) is 0 Å². The Morgan fingerprint density at radius 3 is 1.34 bits per heavy atom. The first-order valence-corrected chi connectivity index (χ1v) is 22.3. The summed E-state index contributed by atoms with van der Waals surface area (Å²) in [6, 6.07) is 94.5. The highest BCUT2D eigenvalue weighted by Gasteiger charge is 2.25. The van der Waals surface area contributed by atoms with Gasteiger partial charge in [-0.1, -0.05) is 188 Å². The first kappa shape index (κ1) is 38.0. The molecule has 0 bridgehead atoms. The third-order valence-corrected chi connectivity index (χ3v) is 12.7. The maximum Gasteiger partial charge on any atom is 0.0640 e. The van der Waals surface area contributed by atoms with E-state index in [1.54, 1.807) is 0 Å². The van der Waals surface area contributed by atoms with Crippen molar-refractivity contribution in [3.8, 4) is 27.9 Å². The molecule has 0 spiro atoms. The van der Waals surface area contributed by atoms with E-state index in [2.05, 4.69) is 275 Å². The zero-order valence-corrected chi connectivity index (χ0v) is 35.7. The van der Waals surface area contributed by atoms with Crippen molar-refractivity contribution in [3.05, 3.63) is 261 Å². The fourth-order valence-corrected chi connectivity index (χ4v) is 9.76. The lowest BCUT2D eigenvalue weighted by Gasteiger charge is -2.29. The number of aromatic nitrogens is 1. The molecule has 0 saturated heterocycles. The minimum Gasteiger partial charge on any atom is -0.310 e. The number of para-hydroxylation sites is 3. The molecule has 0 aliphatic carbocycles. The van der Waals surface area contributed by atoms with E-state index in [1.807, 2.05) is 0 Å². The molecule has 12 aromatic rings. The Morgan fingerprint density at radius 1 is 0.277 bits per heavy atom. The Labute approximate surface area is 378 Å². The molecule has 0 amide bonds. The zero-order chi connectivity index (χ0) is 43.1. The molecule has 0 fully saturated rings. The fourth-order valence-electron chi connectivity index (χ4n) is 9.76. The van der Waals surface area contributed by atoms with Gasteiger partial charge in [-0.15, -0.1) is 0 Å². The molecule has 1 heterocycles. The summed E-state index contributed by atoms with van der Waals surface area (Å²) in [6.45, 7) is 0. The van der Waals surface area contributed by atoms with Crippen LogP contribution in [0.25, 0.3) is 71.3 Å². The molecule has 0 saturated carbocycles. The molecule has 0 atom stereocenters.